The van der Waals surface area contributed by atoms with Crippen molar-refractivity contribution < 1.29 is 14.2 Å². The molecule has 0 amide bonds. The molecule has 1 fully saturated rings. The maximum Gasteiger partial charge on any atom is 0.209 e. The zero-order valence-corrected chi connectivity index (χ0v) is 5.50. The molecule has 9 heavy (non-hydrogen) atoms. The third-order valence-corrected chi connectivity index (χ3v) is 1.10. The molecular formula is C6H11O3. The monoisotopic (exact) mass is 131 g/mol. The minimum absolute atomic E-state index is 0.125. The van der Waals surface area contributed by atoms with Gasteiger partial charge in [-0.25, -0.2) is 0 Å². The molecule has 0 aromatic carbocycles. The van der Waals surface area contributed by atoms with E-state index in [9.17, 15) is 0 Å². The van der Waals surface area contributed by atoms with Crippen LogP contribution in [-0.2, 0) is 14.2 Å². The minimum Gasteiger partial charge on any atom is -0.374 e. The highest BCUT2D eigenvalue weighted by molar-refractivity contribution is 4.59. The van der Waals surface area contributed by atoms with Crippen LogP contribution in [-0.4, -0.2) is 25.9 Å². The maximum absolute atomic E-state index is 5.21. The van der Waals surface area contributed by atoms with Crippen LogP contribution in [0.15, 0.2) is 0 Å². The zero-order chi connectivity index (χ0) is 6.53. The number of ether oxygens (including phenoxy) is 3. The number of hydrogen-bond donors (Lipinski definition) is 0. The highest BCUT2D eigenvalue weighted by Crippen LogP contribution is 2.03. The number of rotatable bonds is 2. The van der Waals surface area contributed by atoms with Crippen molar-refractivity contribution in [3.63, 3.8) is 0 Å². The number of hydrogen-bond acceptors (Lipinski definition) is 3. The lowest BCUT2D eigenvalue weighted by molar-refractivity contribution is -0.121. The maximum atomic E-state index is 5.21. The molecule has 1 aliphatic rings. The lowest BCUT2D eigenvalue weighted by Gasteiger charge is -2.20. The van der Waals surface area contributed by atoms with E-state index in [0.29, 0.717) is 13.2 Å². The smallest absolute Gasteiger partial charge is 0.209 e. The summed E-state index contributed by atoms with van der Waals surface area (Å²) in [6, 6.07) is 0. The zero-order valence-electron chi connectivity index (χ0n) is 5.50. The van der Waals surface area contributed by atoms with Gasteiger partial charge in [-0.05, 0) is 6.92 Å². The second-order valence-corrected chi connectivity index (χ2v) is 1.84. The molecule has 0 spiro atoms. The highest BCUT2D eigenvalue weighted by Gasteiger charge is 2.13. The third kappa shape index (κ3) is 2.30. The Morgan fingerprint density at radius 3 is 2.78 bits per heavy atom. The van der Waals surface area contributed by atoms with Crippen molar-refractivity contribution in [2.75, 3.05) is 19.8 Å². The van der Waals surface area contributed by atoms with Gasteiger partial charge in [-0.3, -0.25) is 0 Å². The van der Waals surface area contributed by atoms with Crippen molar-refractivity contribution in [3.8, 4) is 0 Å². The van der Waals surface area contributed by atoms with E-state index in [1.807, 2.05) is 6.92 Å². The average Bonchev–Trinajstić information content (AvgIpc) is 1.91. The van der Waals surface area contributed by atoms with E-state index in [1.165, 1.54) is 6.79 Å². The van der Waals surface area contributed by atoms with Gasteiger partial charge in [0.15, 0.2) is 0 Å². The van der Waals surface area contributed by atoms with E-state index in [0.717, 1.165) is 6.61 Å². The summed E-state index contributed by atoms with van der Waals surface area (Å²) >= 11 is 0. The molecular weight excluding hydrogens is 120 g/mol. The Bertz CT molecular complexity index is 65.9. The lowest BCUT2D eigenvalue weighted by Crippen LogP contribution is -2.29. The fraction of sp³-hybridized carbons (Fsp3) is 0.833. The van der Waals surface area contributed by atoms with Crippen LogP contribution in [0.4, 0.5) is 0 Å². The summed E-state index contributed by atoms with van der Waals surface area (Å²) in [7, 11) is 0. The van der Waals surface area contributed by atoms with Crippen molar-refractivity contribution >= 4 is 0 Å². The highest BCUT2D eigenvalue weighted by atomic mass is 16.7. The summed E-state index contributed by atoms with van der Waals surface area (Å²) in [5.41, 5.74) is 0. The molecule has 53 valence electrons. The van der Waals surface area contributed by atoms with Gasteiger partial charge >= 0.3 is 0 Å². The Labute approximate surface area is 54.9 Å². The van der Waals surface area contributed by atoms with Crippen LogP contribution in [0.3, 0.4) is 0 Å². The second kappa shape index (κ2) is 3.82. The normalized spacial score (nSPS) is 22.3. The summed E-state index contributed by atoms with van der Waals surface area (Å²) < 4.78 is 14.9. The van der Waals surface area contributed by atoms with Crippen LogP contribution in [0, 0.1) is 6.79 Å². The van der Waals surface area contributed by atoms with Gasteiger partial charge < -0.3 is 14.2 Å². The molecule has 1 rings (SSSR count). The molecule has 0 aliphatic carbocycles. The summed E-state index contributed by atoms with van der Waals surface area (Å²) in [4.78, 5) is 0. The summed E-state index contributed by atoms with van der Waals surface area (Å²) in [5.74, 6) is 0. The van der Waals surface area contributed by atoms with Crippen LogP contribution in [0.1, 0.15) is 6.92 Å². The van der Waals surface area contributed by atoms with E-state index < -0.39 is 0 Å². The van der Waals surface area contributed by atoms with Gasteiger partial charge in [0.05, 0.1) is 13.2 Å². The average molecular weight is 131 g/mol. The van der Waals surface area contributed by atoms with Crippen molar-refractivity contribution in [2.24, 2.45) is 0 Å². The Balaban J connectivity index is 2.08. The summed E-state index contributed by atoms with van der Waals surface area (Å²) in [5, 5.41) is 0. The summed E-state index contributed by atoms with van der Waals surface area (Å²) in [6.45, 7) is 5.27. The Hall–Kier alpha value is -0.120. The molecule has 1 aliphatic heterocycles. The molecule has 1 saturated heterocycles. The first-order valence-corrected chi connectivity index (χ1v) is 3.10. The van der Waals surface area contributed by atoms with Crippen LogP contribution < -0.4 is 0 Å². The lowest BCUT2D eigenvalue weighted by atomic mass is 10.4. The molecule has 3 heteroatoms. The predicted molar refractivity (Wildman–Crippen MR) is 31.6 cm³/mol. The van der Waals surface area contributed by atoms with Gasteiger partial charge in [0, 0.05) is 6.61 Å². The van der Waals surface area contributed by atoms with Crippen LogP contribution in [0.25, 0.3) is 0 Å². The van der Waals surface area contributed by atoms with E-state index in [-0.39, 0.29) is 6.10 Å². The Morgan fingerprint density at radius 2 is 2.22 bits per heavy atom. The fourth-order valence-corrected chi connectivity index (χ4v) is 0.721. The van der Waals surface area contributed by atoms with Crippen molar-refractivity contribution in [1.29, 1.82) is 0 Å². The van der Waals surface area contributed by atoms with E-state index in [4.69, 9.17) is 14.2 Å². The third-order valence-electron chi connectivity index (χ3n) is 1.10. The first-order valence-electron chi connectivity index (χ1n) is 3.10. The van der Waals surface area contributed by atoms with E-state index >= 15 is 0 Å². The first kappa shape index (κ1) is 6.99. The van der Waals surface area contributed by atoms with Crippen LogP contribution in [0.2, 0.25) is 0 Å². The van der Waals surface area contributed by atoms with Gasteiger partial charge in [-0.2, -0.15) is 0 Å². The predicted octanol–water partition coefficient (Wildman–Crippen LogP) is 0.558. The van der Waals surface area contributed by atoms with Crippen molar-refractivity contribution in [3.05, 3.63) is 6.79 Å². The molecule has 0 aromatic heterocycles. The molecule has 0 aromatic rings. The van der Waals surface area contributed by atoms with Gasteiger partial charge in [0.25, 0.3) is 0 Å². The van der Waals surface area contributed by atoms with Crippen LogP contribution >= 0.6 is 0 Å². The largest absolute Gasteiger partial charge is 0.374 e. The molecule has 0 bridgehead atoms. The molecule has 0 unspecified atom stereocenters. The standard InChI is InChI=1S/C6H11O3/c1-2-9-6-3-7-5-8-4-6/h5-6H,2-4H2,1H3. The van der Waals surface area contributed by atoms with Crippen molar-refractivity contribution in [1.82, 2.24) is 0 Å². The SMILES string of the molecule is CCOC1CO[CH]OC1. The molecule has 1 radical (unpaired) electrons. The Kier molecular flexibility index (Phi) is 2.97. The summed E-state index contributed by atoms with van der Waals surface area (Å²) in [6.07, 6.45) is 0.125. The van der Waals surface area contributed by atoms with E-state index in [2.05, 4.69) is 0 Å². The molecule has 0 N–H and O–H groups in total. The first-order chi connectivity index (χ1) is 4.43. The van der Waals surface area contributed by atoms with Gasteiger partial charge in [0.1, 0.15) is 6.10 Å². The quantitative estimate of drug-likeness (QED) is 0.548. The van der Waals surface area contributed by atoms with Gasteiger partial charge in [0.2, 0.25) is 6.79 Å². The van der Waals surface area contributed by atoms with E-state index in [1.54, 1.807) is 0 Å². The topological polar surface area (TPSA) is 27.7 Å². The molecule has 1 heterocycles. The van der Waals surface area contributed by atoms with Crippen LogP contribution in [0.5, 0.6) is 0 Å². The van der Waals surface area contributed by atoms with Gasteiger partial charge in [-0.1, -0.05) is 0 Å². The fourth-order valence-electron chi connectivity index (χ4n) is 0.721. The Morgan fingerprint density at radius 1 is 1.56 bits per heavy atom. The van der Waals surface area contributed by atoms with Crippen molar-refractivity contribution in [2.45, 2.75) is 13.0 Å². The molecule has 3 nitrogen and oxygen atoms in total. The van der Waals surface area contributed by atoms with Gasteiger partial charge in [-0.15, -0.1) is 0 Å². The second-order valence-electron chi connectivity index (χ2n) is 1.84. The molecule has 0 saturated carbocycles. The minimum atomic E-state index is 0.125. The molecule has 0 atom stereocenters.